The molecule has 0 aliphatic carbocycles. The Hall–Kier alpha value is 0.340. The maximum atomic E-state index is 12.5. The molecule has 3 atom stereocenters. The van der Waals surface area contributed by atoms with Crippen molar-refractivity contribution in [1.82, 2.24) is 0 Å². The van der Waals surface area contributed by atoms with E-state index in [1.165, 1.54) is 14.2 Å². The summed E-state index contributed by atoms with van der Waals surface area (Å²) in [4.78, 5) is 0. The molecule has 1 fully saturated rings. The van der Waals surface area contributed by atoms with E-state index >= 15 is 0 Å². The molecule has 0 spiro atoms. The van der Waals surface area contributed by atoms with Gasteiger partial charge in [-0.15, -0.1) is 0 Å². The molecule has 0 N–H and O–H groups in total. The molecule has 1 unspecified atom stereocenters. The standard InChI is InChI=1S/C10H22O5P2/c1-5-15-16(11)7-9(2)6-10(8-16)17(12,13-3)14-4/h9-10H,5-8H2,1-4H3/t9-,10-,16?/m0/s1. The van der Waals surface area contributed by atoms with E-state index < -0.39 is 15.0 Å². The van der Waals surface area contributed by atoms with E-state index in [9.17, 15) is 9.13 Å². The first-order valence-corrected chi connectivity index (χ1v) is 9.43. The van der Waals surface area contributed by atoms with Crippen LogP contribution in [0.5, 0.6) is 0 Å². The lowest BCUT2D eigenvalue weighted by atomic mass is 10.1. The zero-order valence-electron chi connectivity index (χ0n) is 10.9. The molecule has 0 amide bonds. The Kier molecular flexibility index (Phi) is 5.42. The maximum absolute atomic E-state index is 12.5. The summed E-state index contributed by atoms with van der Waals surface area (Å²) in [5, 5.41) is 0. The molecule has 1 aliphatic heterocycles. The van der Waals surface area contributed by atoms with Crippen molar-refractivity contribution in [1.29, 1.82) is 0 Å². The number of hydrogen-bond donors (Lipinski definition) is 0. The molecule has 1 saturated heterocycles. The second kappa shape index (κ2) is 5.99. The molecule has 1 rings (SSSR count). The summed E-state index contributed by atoms with van der Waals surface area (Å²) in [5.74, 6) is 0.213. The fourth-order valence-electron chi connectivity index (χ4n) is 2.43. The van der Waals surface area contributed by atoms with Gasteiger partial charge >= 0.3 is 7.60 Å². The Bertz CT molecular complexity index is 336. The number of hydrogen-bond acceptors (Lipinski definition) is 5. The van der Waals surface area contributed by atoms with Crippen molar-refractivity contribution in [2.75, 3.05) is 33.2 Å². The fraction of sp³-hybridized carbons (Fsp3) is 1.00. The van der Waals surface area contributed by atoms with Crippen LogP contribution in [0.25, 0.3) is 0 Å². The van der Waals surface area contributed by atoms with Crippen LogP contribution in [-0.2, 0) is 22.7 Å². The predicted octanol–water partition coefficient (Wildman–Crippen LogP) is 3.20. The van der Waals surface area contributed by atoms with Crippen LogP contribution < -0.4 is 0 Å². The Balaban J connectivity index is 2.89. The molecule has 0 saturated carbocycles. The van der Waals surface area contributed by atoms with Crippen molar-refractivity contribution in [3.63, 3.8) is 0 Å². The Morgan fingerprint density at radius 3 is 2.35 bits per heavy atom. The van der Waals surface area contributed by atoms with Crippen molar-refractivity contribution in [2.45, 2.75) is 25.9 Å². The Labute approximate surface area is 103 Å². The summed E-state index contributed by atoms with van der Waals surface area (Å²) in [7, 11) is -3.09. The third-order valence-corrected chi connectivity index (χ3v) is 8.57. The summed E-state index contributed by atoms with van der Waals surface area (Å²) < 4.78 is 40.2. The van der Waals surface area contributed by atoms with Gasteiger partial charge in [0.15, 0.2) is 0 Å². The van der Waals surface area contributed by atoms with Gasteiger partial charge in [0.2, 0.25) is 7.37 Å². The summed E-state index contributed by atoms with van der Waals surface area (Å²) in [6.07, 6.45) is 1.56. The van der Waals surface area contributed by atoms with Gasteiger partial charge in [0.25, 0.3) is 0 Å². The van der Waals surface area contributed by atoms with Crippen LogP contribution in [0.15, 0.2) is 0 Å². The fourth-order valence-corrected chi connectivity index (χ4v) is 8.06. The first kappa shape index (κ1) is 15.4. The van der Waals surface area contributed by atoms with Gasteiger partial charge in [0, 0.05) is 26.5 Å². The smallest absolute Gasteiger partial charge is 0.329 e. The highest BCUT2D eigenvalue weighted by Gasteiger charge is 2.45. The average molecular weight is 284 g/mol. The van der Waals surface area contributed by atoms with Crippen molar-refractivity contribution < 1.29 is 22.7 Å². The van der Waals surface area contributed by atoms with E-state index in [0.717, 1.165) is 0 Å². The van der Waals surface area contributed by atoms with Crippen LogP contribution in [0.1, 0.15) is 20.3 Å². The second-order valence-electron chi connectivity index (χ2n) is 4.50. The maximum Gasteiger partial charge on any atom is 0.333 e. The lowest BCUT2D eigenvalue weighted by Crippen LogP contribution is -2.28. The van der Waals surface area contributed by atoms with Crippen LogP contribution in [0.3, 0.4) is 0 Å². The zero-order chi connectivity index (χ0) is 13.1. The highest BCUT2D eigenvalue weighted by Crippen LogP contribution is 2.63. The molecule has 7 heteroatoms. The third kappa shape index (κ3) is 3.65. The van der Waals surface area contributed by atoms with E-state index in [2.05, 4.69) is 0 Å². The highest BCUT2D eigenvalue weighted by atomic mass is 31.2. The largest absolute Gasteiger partial charge is 0.333 e. The van der Waals surface area contributed by atoms with Crippen molar-refractivity contribution in [3.05, 3.63) is 0 Å². The molecule has 0 radical (unpaired) electrons. The monoisotopic (exact) mass is 284 g/mol. The minimum Gasteiger partial charge on any atom is -0.329 e. The van der Waals surface area contributed by atoms with E-state index in [-0.39, 0.29) is 11.6 Å². The lowest BCUT2D eigenvalue weighted by Gasteiger charge is -2.35. The summed E-state index contributed by atoms with van der Waals surface area (Å²) in [6.45, 7) is 4.23. The zero-order valence-corrected chi connectivity index (χ0v) is 12.7. The first-order valence-electron chi connectivity index (χ1n) is 5.83. The van der Waals surface area contributed by atoms with Gasteiger partial charge in [-0.1, -0.05) is 6.92 Å². The molecular weight excluding hydrogens is 262 g/mol. The molecule has 5 nitrogen and oxygen atoms in total. The van der Waals surface area contributed by atoms with Gasteiger partial charge in [-0.3, -0.25) is 9.13 Å². The Morgan fingerprint density at radius 1 is 1.29 bits per heavy atom. The normalized spacial score (nSPS) is 34.8. The molecule has 17 heavy (non-hydrogen) atoms. The summed E-state index contributed by atoms with van der Waals surface area (Å²) >= 11 is 0. The minimum absolute atomic E-state index is 0.213. The third-order valence-electron chi connectivity index (χ3n) is 3.07. The van der Waals surface area contributed by atoms with Crippen LogP contribution in [-0.4, -0.2) is 38.8 Å². The van der Waals surface area contributed by atoms with Crippen LogP contribution in [0.4, 0.5) is 0 Å². The summed E-state index contributed by atoms with van der Waals surface area (Å²) in [5.41, 5.74) is -0.321. The van der Waals surface area contributed by atoms with E-state index in [1.807, 2.05) is 13.8 Å². The van der Waals surface area contributed by atoms with Crippen molar-refractivity contribution in [3.8, 4) is 0 Å². The number of rotatable bonds is 5. The molecular formula is C10H22O5P2. The van der Waals surface area contributed by atoms with Crippen molar-refractivity contribution in [2.24, 2.45) is 5.92 Å². The van der Waals surface area contributed by atoms with Gasteiger partial charge in [0.1, 0.15) is 0 Å². The molecule has 102 valence electrons. The second-order valence-corrected chi connectivity index (χ2v) is 9.65. The molecule has 0 aromatic heterocycles. The van der Waals surface area contributed by atoms with Gasteiger partial charge in [-0.25, -0.2) is 0 Å². The van der Waals surface area contributed by atoms with Gasteiger partial charge < -0.3 is 13.6 Å². The van der Waals surface area contributed by atoms with Crippen LogP contribution in [0, 0.1) is 5.92 Å². The Morgan fingerprint density at radius 2 is 1.88 bits per heavy atom. The lowest BCUT2D eigenvalue weighted by molar-refractivity contribution is 0.256. The quantitative estimate of drug-likeness (QED) is 0.725. The molecule has 0 bridgehead atoms. The van der Waals surface area contributed by atoms with E-state index in [0.29, 0.717) is 25.4 Å². The minimum atomic E-state index is -3.15. The van der Waals surface area contributed by atoms with Gasteiger partial charge in [-0.05, 0) is 19.3 Å². The van der Waals surface area contributed by atoms with Gasteiger partial charge in [0.05, 0.1) is 12.3 Å². The predicted molar refractivity (Wildman–Crippen MR) is 68.2 cm³/mol. The summed E-state index contributed by atoms with van der Waals surface area (Å²) in [6, 6.07) is 0. The topological polar surface area (TPSA) is 61.8 Å². The molecule has 0 aromatic rings. The van der Waals surface area contributed by atoms with Crippen molar-refractivity contribution >= 4 is 15.0 Å². The van der Waals surface area contributed by atoms with Gasteiger partial charge in [-0.2, -0.15) is 0 Å². The first-order chi connectivity index (χ1) is 7.89. The highest BCUT2D eigenvalue weighted by molar-refractivity contribution is 7.61. The molecule has 1 heterocycles. The van der Waals surface area contributed by atoms with E-state index in [4.69, 9.17) is 13.6 Å². The SMILES string of the molecule is CCOP1(=O)C[C@@H](C)C[C@H](P(=O)(OC)OC)C1. The average Bonchev–Trinajstić information content (AvgIpc) is 2.26. The van der Waals surface area contributed by atoms with E-state index in [1.54, 1.807) is 0 Å². The van der Waals surface area contributed by atoms with Crippen LogP contribution >= 0.6 is 15.0 Å². The molecule has 1 aliphatic rings. The molecule has 0 aromatic carbocycles. The van der Waals surface area contributed by atoms with Crippen LogP contribution in [0.2, 0.25) is 0 Å².